The van der Waals surface area contributed by atoms with E-state index in [9.17, 15) is 14.7 Å². The lowest BCUT2D eigenvalue weighted by Gasteiger charge is -2.32. The summed E-state index contributed by atoms with van der Waals surface area (Å²) in [5.74, 6) is 1.47. The lowest BCUT2D eigenvalue weighted by Crippen LogP contribution is -2.22. The van der Waals surface area contributed by atoms with E-state index < -0.39 is 0 Å². The van der Waals surface area contributed by atoms with Crippen LogP contribution in [0.5, 0.6) is 11.5 Å². The number of methoxy groups -OCH3 is 1. The van der Waals surface area contributed by atoms with E-state index in [2.05, 4.69) is 41.5 Å². The van der Waals surface area contributed by atoms with Crippen LogP contribution in [0.15, 0.2) is 36.4 Å². The van der Waals surface area contributed by atoms with Crippen LogP contribution in [0.4, 0.5) is 0 Å². The van der Waals surface area contributed by atoms with Crippen LogP contribution in [0.25, 0.3) is 0 Å². The third-order valence-electron chi connectivity index (χ3n) is 8.09. The van der Waals surface area contributed by atoms with E-state index in [1.165, 1.54) is 12.2 Å². The van der Waals surface area contributed by atoms with Crippen LogP contribution in [0.2, 0.25) is 0 Å². The predicted octanol–water partition coefficient (Wildman–Crippen LogP) is 8.59. The molecule has 0 aliphatic carbocycles. The van der Waals surface area contributed by atoms with Crippen molar-refractivity contribution in [2.24, 2.45) is 11.8 Å². The molecule has 0 heterocycles. The number of allylic oxidation sites excluding steroid dienone is 2. The Morgan fingerprint density at radius 1 is 0.780 bits per heavy atom. The topological polar surface area (TPSA) is 82.1 Å². The van der Waals surface area contributed by atoms with E-state index in [4.69, 9.17) is 14.2 Å². The van der Waals surface area contributed by atoms with Gasteiger partial charge in [-0.3, -0.25) is 0 Å². The van der Waals surface area contributed by atoms with Crippen LogP contribution in [0.3, 0.4) is 0 Å². The van der Waals surface area contributed by atoms with Gasteiger partial charge in [0.2, 0.25) is 0 Å². The Morgan fingerprint density at radius 2 is 1.22 bits per heavy atom. The zero-order chi connectivity index (χ0) is 31.1. The minimum absolute atomic E-state index is 0.171. The number of aromatic hydroxyl groups is 1. The summed E-state index contributed by atoms with van der Waals surface area (Å²) in [6, 6.07) is 3.93. The Kier molecular flexibility index (Phi) is 15.9. The Balaban J connectivity index is 2.73. The number of phenols is 1. The highest BCUT2D eigenvalue weighted by molar-refractivity contribution is 5.82. The molecule has 2 unspecified atom stereocenters. The van der Waals surface area contributed by atoms with Crippen molar-refractivity contribution in [3.8, 4) is 11.5 Å². The summed E-state index contributed by atoms with van der Waals surface area (Å²) in [7, 11) is 1.70. The molecule has 6 nitrogen and oxygen atoms in total. The molecule has 0 amide bonds. The van der Waals surface area contributed by atoms with Gasteiger partial charge in [-0.25, -0.2) is 9.59 Å². The molecular weight excluding hydrogens is 516 g/mol. The zero-order valence-electron chi connectivity index (χ0n) is 27.2. The van der Waals surface area contributed by atoms with E-state index in [0.717, 1.165) is 68.2 Å². The SMILES string of the molecule is CC=CC(=O)OCCC(C)CCCC(C)(C)c1cc(OC)c(C(C)(C)CCCC(C)CCOC(=O)C=CC)cc1O. The zero-order valence-corrected chi connectivity index (χ0v) is 27.2. The van der Waals surface area contributed by atoms with Crippen molar-refractivity contribution in [1.82, 2.24) is 0 Å². The highest BCUT2D eigenvalue weighted by Gasteiger charge is 2.30. The highest BCUT2D eigenvalue weighted by atomic mass is 16.5. The van der Waals surface area contributed by atoms with Gasteiger partial charge >= 0.3 is 11.9 Å². The molecule has 0 saturated heterocycles. The van der Waals surface area contributed by atoms with Crippen molar-refractivity contribution >= 4 is 11.9 Å². The van der Waals surface area contributed by atoms with Crippen molar-refractivity contribution in [1.29, 1.82) is 0 Å². The molecule has 232 valence electrons. The number of hydrogen-bond acceptors (Lipinski definition) is 6. The van der Waals surface area contributed by atoms with Crippen molar-refractivity contribution in [3.63, 3.8) is 0 Å². The van der Waals surface area contributed by atoms with Gasteiger partial charge in [-0.15, -0.1) is 0 Å². The normalized spacial score (nSPS) is 13.9. The van der Waals surface area contributed by atoms with Gasteiger partial charge in [-0.05, 0) is 74.3 Å². The molecule has 1 aromatic rings. The molecule has 1 N–H and O–H groups in total. The standard InChI is InChI=1S/C35H56O6/c1-10-14-32(37)40-22-18-26(3)16-12-20-34(5,6)28-25-31(39-9)29(24-30(28)36)35(7,8)21-13-17-27(4)19-23-41-33(38)15-11-2/h10-11,14-15,24-27,36H,12-13,16-23H2,1-9H3. The highest BCUT2D eigenvalue weighted by Crippen LogP contribution is 2.44. The van der Waals surface area contributed by atoms with E-state index >= 15 is 0 Å². The number of rotatable bonds is 19. The van der Waals surface area contributed by atoms with Crippen molar-refractivity contribution in [3.05, 3.63) is 47.6 Å². The van der Waals surface area contributed by atoms with E-state index in [-0.39, 0.29) is 22.8 Å². The Labute approximate surface area is 249 Å². The molecule has 2 atom stereocenters. The van der Waals surface area contributed by atoms with Gasteiger partial charge in [0, 0.05) is 23.3 Å². The number of esters is 2. The molecule has 0 fully saturated rings. The Bertz CT molecular complexity index is 1000. The Hall–Kier alpha value is -2.76. The van der Waals surface area contributed by atoms with Crippen molar-refractivity contribution in [2.45, 2.75) is 118 Å². The van der Waals surface area contributed by atoms with Gasteiger partial charge in [-0.2, -0.15) is 0 Å². The first-order valence-corrected chi connectivity index (χ1v) is 15.3. The molecule has 6 heteroatoms. The molecule has 41 heavy (non-hydrogen) atoms. The van der Waals surface area contributed by atoms with Crippen LogP contribution in [0.1, 0.15) is 118 Å². The Morgan fingerprint density at radius 3 is 1.63 bits per heavy atom. The number of carbonyl (C=O) groups is 2. The first-order valence-electron chi connectivity index (χ1n) is 15.3. The first kappa shape index (κ1) is 36.3. The molecule has 0 spiro atoms. The molecule has 0 aliphatic rings. The van der Waals surface area contributed by atoms with E-state index in [0.29, 0.717) is 30.8 Å². The van der Waals surface area contributed by atoms with Crippen LogP contribution in [0, 0.1) is 11.8 Å². The minimum atomic E-state index is -0.286. The van der Waals surface area contributed by atoms with Crippen LogP contribution in [-0.2, 0) is 29.9 Å². The summed E-state index contributed by atoms with van der Waals surface area (Å²) in [6.45, 7) is 17.6. The van der Waals surface area contributed by atoms with Gasteiger partial charge in [0.25, 0.3) is 0 Å². The van der Waals surface area contributed by atoms with Crippen molar-refractivity contribution < 1.29 is 28.9 Å². The van der Waals surface area contributed by atoms with Gasteiger partial charge < -0.3 is 19.3 Å². The van der Waals surface area contributed by atoms with Gasteiger partial charge in [-0.1, -0.05) is 79.4 Å². The van der Waals surface area contributed by atoms with Crippen molar-refractivity contribution in [2.75, 3.05) is 20.3 Å². The largest absolute Gasteiger partial charge is 0.508 e. The monoisotopic (exact) mass is 572 g/mol. The fourth-order valence-corrected chi connectivity index (χ4v) is 5.24. The van der Waals surface area contributed by atoms with Gasteiger partial charge in [0.1, 0.15) is 11.5 Å². The molecular formula is C35H56O6. The number of phenolic OH excluding ortho intramolecular Hbond substituents is 1. The molecule has 0 radical (unpaired) electrons. The van der Waals surface area contributed by atoms with Gasteiger partial charge in [0.05, 0.1) is 20.3 Å². The summed E-state index contributed by atoms with van der Waals surface area (Å²) in [4.78, 5) is 23.0. The van der Waals surface area contributed by atoms with E-state index in [1.54, 1.807) is 33.1 Å². The lowest BCUT2D eigenvalue weighted by atomic mass is 9.75. The van der Waals surface area contributed by atoms with E-state index in [1.807, 2.05) is 12.1 Å². The molecule has 0 aromatic heterocycles. The second-order valence-electron chi connectivity index (χ2n) is 12.7. The fourth-order valence-electron chi connectivity index (χ4n) is 5.24. The lowest BCUT2D eigenvalue weighted by molar-refractivity contribution is -0.139. The third-order valence-corrected chi connectivity index (χ3v) is 8.09. The van der Waals surface area contributed by atoms with Crippen LogP contribution >= 0.6 is 0 Å². The summed E-state index contributed by atoms with van der Waals surface area (Å²) >= 11 is 0. The molecule has 0 aliphatic heterocycles. The average Bonchev–Trinajstić information content (AvgIpc) is 2.88. The second kappa shape index (κ2) is 17.9. The maximum Gasteiger partial charge on any atom is 0.330 e. The van der Waals surface area contributed by atoms with Gasteiger partial charge in [0.15, 0.2) is 0 Å². The number of ether oxygens (including phenoxy) is 3. The quantitative estimate of drug-likeness (QED) is 0.132. The number of hydrogen-bond donors (Lipinski definition) is 1. The average molecular weight is 573 g/mol. The summed E-state index contributed by atoms with van der Waals surface area (Å²) < 4.78 is 16.3. The molecule has 1 rings (SSSR count). The maximum absolute atomic E-state index is 11.5. The van der Waals surface area contributed by atoms with Crippen LogP contribution in [-0.4, -0.2) is 37.4 Å². The first-order chi connectivity index (χ1) is 19.3. The molecule has 1 aromatic carbocycles. The predicted molar refractivity (Wildman–Crippen MR) is 168 cm³/mol. The number of carbonyl (C=O) groups excluding carboxylic acids is 2. The second-order valence-corrected chi connectivity index (χ2v) is 12.7. The smallest absolute Gasteiger partial charge is 0.330 e. The minimum Gasteiger partial charge on any atom is -0.508 e. The number of benzene rings is 1. The van der Waals surface area contributed by atoms with Crippen LogP contribution < -0.4 is 4.74 Å². The fraction of sp³-hybridized carbons (Fsp3) is 0.657. The molecule has 0 saturated carbocycles. The summed E-state index contributed by atoms with van der Waals surface area (Å²) in [5.41, 5.74) is 1.54. The summed E-state index contributed by atoms with van der Waals surface area (Å²) in [5, 5.41) is 11.2. The third kappa shape index (κ3) is 13.2. The molecule has 0 bridgehead atoms. The summed E-state index contributed by atoms with van der Waals surface area (Å²) in [6.07, 6.45) is 13.9. The maximum atomic E-state index is 11.5.